The normalized spacial score (nSPS) is 11.0. The molecule has 0 saturated heterocycles. The second kappa shape index (κ2) is 10.2. The zero-order chi connectivity index (χ0) is 24.0. The molecule has 0 aliphatic carbocycles. The molecule has 1 heterocycles. The minimum Gasteiger partial charge on any atom is -0.334 e. The molecule has 0 unspecified atom stereocenters. The molecular weight excluding hydrogens is 448 g/mol. The predicted molar refractivity (Wildman–Crippen MR) is 134 cm³/mol. The lowest BCUT2D eigenvalue weighted by atomic mass is 10.1. The summed E-state index contributed by atoms with van der Waals surface area (Å²) in [4.78, 5) is 16.4. The molecule has 4 aromatic rings. The molecule has 3 N–H and O–H groups in total. The van der Waals surface area contributed by atoms with Gasteiger partial charge in [0.25, 0.3) is 10.0 Å². The maximum absolute atomic E-state index is 13.1. The molecule has 0 atom stereocenters. The van der Waals surface area contributed by atoms with Gasteiger partial charge in [-0.15, -0.1) is 0 Å². The molecule has 0 saturated carbocycles. The van der Waals surface area contributed by atoms with Crippen molar-refractivity contribution >= 4 is 27.4 Å². The number of sulfonamides is 1. The molecule has 8 heteroatoms. The summed E-state index contributed by atoms with van der Waals surface area (Å²) in [6.45, 7) is 2.14. The first-order valence-corrected chi connectivity index (χ1v) is 12.1. The van der Waals surface area contributed by atoms with Crippen molar-refractivity contribution in [2.24, 2.45) is 0 Å². The van der Waals surface area contributed by atoms with E-state index in [2.05, 4.69) is 20.3 Å². The van der Waals surface area contributed by atoms with Crippen LogP contribution in [-0.4, -0.2) is 19.4 Å². The molecule has 0 spiro atoms. The lowest BCUT2D eigenvalue weighted by Crippen LogP contribution is -2.28. The maximum Gasteiger partial charge on any atom is 0.319 e. The van der Waals surface area contributed by atoms with Crippen LogP contribution >= 0.6 is 0 Å². The number of nitrogens with one attached hydrogen (secondary N) is 3. The summed E-state index contributed by atoms with van der Waals surface area (Å²) in [5.74, 6) is 0. The van der Waals surface area contributed by atoms with Gasteiger partial charge in [-0.05, 0) is 48.4 Å². The third kappa shape index (κ3) is 5.79. The first-order chi connectivity index (χ1) is 16.4. The Kier molecular flexibility index (Phi) is 6.89. The molecule has 0 radical (unpaired) electrons. The zero-order valence-electron chi connectivity index (χ0n) is 18.5. The van der Waals surface area contributed by atoms with Crippen LogP contribution in [0.3, 0.4) is 0 Å². The lowest BCUT2D eigenvalue weighted by molar-refractivity contribution is 0.251. The van der Waals surface area contributed by atoms with Gasteiger partial charge in [0.15, 0.2) is 0 Å². The van der Waals surface area contributed by atoms with E-state index in [0.29, 0.717) is 23.5 Å². The molecule has 4 rings (SSSR count). The van der Waals surface area contributed by atoms with Crippen LogP contribution in [0.15, 0.2) is 102 Å². The Morgan fingerprint density at radius 1 is 0.853 bits per heavy atom. The Balaban J connectivity index is 1.40. The van der Waals surface area contributed by atoms with E-state index >= 15 is 0 Å². The summed E-state index contributed by atoms with van der Waals surface area (Å²) in [7, 11) is -3.80. The monoisotopic (exact) mass is 472 g/mol. The van der Waals surface area contributed by atoms with Gasteiger partial charge in [-0.2, -0.15) is 0 Å². The number of aryl methyl sites for hydroxylation is 1. The number of benzene rings is 3. The Hall–Kier alpha value is -4.17. The standard InChI is InChI=1S/C26H24N4O3S/c1-19-17-23(15-16-27-19)29-26(31)28-18-20-11-13-22(14-12-20)30-34(32,33)25-10-6-5-9-24(25)21-7-3-2-4-8-21/h2-17,30H,18H2,1H3,(H2,27,28,29,31). The number of anilines is 2. The maximum atomic E-state index is 13.1. The van der Waals surface area contributed by atoms with E-state index in [9.17, 15) is 13.2 Å². The summed E-state index contributed by atoms with van der Waals surface area (Å²) in [6.07, 6.45) is 1.63. The molecule has 0 aliphatic heterocycles. The molecule has 3 aromatic carbocycles. The predicted octanol–water partition coefficient (Wildman–Crippen LogP) is 5.18. The highest BCUT2D eigenvalue weighted by Gasteiger charge is 2.19. The number of amides is 2. The number of carbonyl (C=O) groups excluding carboxylic acids is 1. The van der Waals surface area contributed by atoms with Crippen molar-refractivity contribution in [3.63, 3.8) is 0 Å². The fourth-order valence-corrected chi connectivity index (χ4v) is 4.73. The largest absolute Gasteiger partial charge is 0.334 e. The molecular formula is C26H24N4O3S. The van der Waals surface area contributed by atoms with E-state index in [-0.39, 0.29) is 10.9 Å². The smallest absolute Gasteiger partial charge is 0.319 e. The quantitative estimate of drug-likeness (QED) is 0.345. The average Bonchev–Trinajstić information content (AvgIpc) is 2.84. The third-order valence-electron chi connectivity index (χ3n) is 5.08. The number of urea groups is 1. The van der Waals surface area contributed by atoms with Gasteiger partial charge < -0.3 is 10.6 Å². The summed E-state index contributed by atoms with van der Waals surface area (Å²) in [5.41, 5.74) is 4.18. The van der Waals surface area contributed by atoms with Crippen molar-refractivity contribution in [3.05, 3.63) is 108 Å². The second-order valence-corrected chi connectivity index (χ2v) is 9.31. The fourth-order valence-electron chi connectivity index (χ4n) is 3.44. The van der Waals surface area contributed by atoms with Gasteiger partial charge >= 0.3 is 6.03 Å². The van der Waals surface area contributed by atoms with Crippen molar-refractivity contribution in [1.82, 2.24) is 10.3 Å². The van der Waals surface area contributed by atoms with E-state index in [0.717, 1.165) is 16.8 Å². The summed E-state index contributed by atoms with van der Waals surface area (Å²) >= 11 is 0. The van der Waals surface area contributed by atoms with Gasteiger partial charge in [-0.3, -0.25) is 9.71 Å². The number of nitrogens with zero attached hydrogens (tertiary/aromatic N) is 1. The van der Waals surface area contributed by atoms with Crippen LogP contribution in [0.5, 0.6) is 0 Å². The van der Waals surface area contributed by atoms with Gasteiger partial charge in [0.05, 0.1) is 4.90 Å². The topological polar surface area (TPSA) is 100 Å². The van der Waals surface area contributed by atoms with Crippen LogP contribution in [0, 0.1) is 6.92 Å². The highest BCUT2D eigenvalue weighted by Crippen LogP contribution is 2.28. The average molecular weight is 473 g/mol. The minimum atomic E-state index is -3.80. The van der Waals surface area contributed by atoms with Crippen molar-refractivity contribution < 1.29 is 13.2 Å². The Bertz CT molecular complexity index is 1390. The fraction of sp³-hybridized carbons (Fsp3) is 0.0769. The number of pyridine rings is 1. The number of hydrogen-bond acceptors (Lipinski definition) is 4. The zero-order valence-corrected chi connectivity index (χ0v) is 19.3. The van der Waals surface area contributed by atoms with E-state index < -0.39 is 10.0 Å². The highest BCUT2D eigenvalue weighted by atomic mass is 32.2. The van der Waals surface area contributed by atoms with Crippen LogP contribution in [0.1, 0.15) is 11.3 Å². The molecule has 0 bridgehead atoms. The highest BCUT2D eigenvalue weighted by molar-refractivity contribution is 7.92. The van der Waals surface area contributed by atoms with Crippen molar-refractivity contribution in [3.8, 4) is 11.1 Å². The molecule has 34 heavy (non-hydrogen) atoms. The summed E-state index contributed by atoms with van der Waals surface area (Å²) < 4.78 is 28.9. The van der Waals surface area contributed by atoms with Gasteiger partial charge in [-0.25, -0.2) is 13.2 Å². The van der Waals surface area contributed by atoms with Gasteiger partial charge in [0.1, 0.15) is 0 Å². The Morgan fingerprint density at radius 3 is 2.29 bits per heavy atom. The van der Waals surface area contributed by atoms with Gasteiger partial charge in [-0.1, -0.05) is 60.7 Å². The van der Waals surface area contributed by atoms with E-state index in [1.54, 1.807) is 60.8 Å². The van der Waals surface area contributed by atoms with Crippen LogP contribution in [0.4, 0.5) is 16.2 Å². The van der Waals surface area contributed by atoms with Gasteiger partial charge in [0, 0.05) is 35.4 Å². The van der Waals surface area contributed by atoms with Crippen LogP contribution < -0.4 is 15.4 Å². The molecule has 2 amide bonds. The lowest BCUT2D eigenvalue weighted by Gasteiger charge is -2.13. The molecule has 0 fully saturated rings. The third-order valence-corrected chi connectivity index (χ3v) is 6.51. The number of hydrogen-bond donors (Lipinski definition) is 3. The van der Waals surface area contributed by atoms with Crippen LogP contribution in [0.25, 0.3) is 11.1 Å². The van der Waals surface area contributed by atoms with Crippen molar-refractivity contribution in [2.75, 3.05) is 10.0 Å². The SMILES string of the molecule is Cc1cc(NC(=O)NCc2ccc(NS(=O)(=O)c3ccccc3-c3ccccc3)cc2)ccn1. The number of aromatic nitrogens is 1. The second-order valence-electron chi connectivity index (χ2n) is 7.66. The summed E-state index contributed by atoms with van der Waals surface area (Å²) in [6, 6.07) is 26.3. The van der Waals surface area contributed by atoms with Crippen LogP contribution in [0.2, 0.25) is 0 Å². The van der Waals surface area contributed by atoms with Gasteiger partial charge in [0.2, 0.25) is 0 Å². The number of carbonyl (C=O) groups is 1. The Morgan fingerprint density at radius 2 is 1.56 bits per heavy atom. The molecule has 0 aliphatic rings. The van der Waals surface area contributed by atoms with E-state index in [4.69, 9.17) is 0 Å². The number of rotatable bonds is 7. The molecule has 7 nitrogen and oxygen atoms in total. The Labute approximate surface area is 198 Å². The van der Waals surface area contributed by atoms with E-state index in [1.807, 2.05) is 43.3 Å². The first kappa shape index (κ1) is 23.0. The molecule has 172 valence electrons. The van der Waals surface area contributed by atoms with Crippen LogP contribution in [-0.2, 0) is 16.6 Å². The molecule has 1 aromatic heterocycles. The first-order valence-electron chi connectivity index (χ1n) is 10.6. The van der Waals surface area contributed by atoms with Crippen molar-refractivity contribution in [1.29, 1.82) is 0 Å². The van der Waals surface area contributed by atoms with Crippen molar-refractivity contribution in [2.45, 2.75) is 18.4 Å². The van der Waals surface area contributed by atoms with E-state index in [1.165, 1.54) is 0 Å². The minimum absolute atomic E-state index is 0.204. The summed E-state index contributed by atoms with van der Waals surface area (Å²) in [5, 5.41) is 5.53.